The molecule has 0 spiro atoms. The summed E-state index contributed by atoms with van der Waals surface area (Å²) in [6, 6.07) is 6.18. The third-order valence-electron chi connectivity index (χ3n) is 4.61. The lowest BCUT2D eigenvalue weighted by Crippen LogP contribution is -2.34. The molecule has 0 aromatic heterocycles. The molecule has 2 N–H and O–H groups in total. The maximum absolute atomic E-state index is 14.4. The lowest BCUT2D eigenvalue weighted by molar-refractivity contribution is 0.266. The zero-order valence-electron chi connectivity index (χ0n) is 13.6. The number of hydrogen-bond acceptors (Lipinski definition) is 3. The Morgan fingerprint density at radius 2 is 2.10 bits per heavy atom. The maximum Gasteiger partial charge on any atom is 0.146 e. The monoisotopic (exact) mass is 293 g/mol. The summed E-state index contributed by atoms with van der Waals surface area (Å²) in [7, 11) is 4.19. The Morgan fingerprint density at radius 1 is 1.38 bits per heavy atom. The quantitative estimate of drug-likeness (QED) is 0.905. The SMILES string of the molecule is CCC(N)Cc1ccc(N2CC(C)C(N(C)C)C2)c(F)c1. The van der Waals surface area contributed by atoms with Gasteiger partial charge in [0.15, 0.2) is 0 Å². The lowest BCUT2D eigenvalue weighted by atomic mass is 10.0. The van der Waals surface area contributed by atoms with Crippen molar-refractivity contribution in [2.75, 3.05) is 32.1 Å². The molecule has 1 heterocycles. The number of likely N-dealkylation sites (N-methyl/N-ethyl adjacent to an activating group) is 1. The Morgan fingerprint density at radius 3 is 2.62 bits per heavy atom. The van der Waals surface area contributed by atoms with Crippen molar-refractivity contribution in [2.45, 2.75) is 38.8 Å². The van der Waals surface area contributed by atoms with Crippen molar-refractivity contribution >= 4 is 5.69 Å². The van der Waals surface area contributed by atoms with Crippen molar-refractivity contribution in [1.82, 2.24) is 4.90 Å². The van der Waals surface area contributed by atoms with E-state index >= 15 is 0 Å². The van der Waals surface area contributed by atoms with Crippen LogP contribution in [0.3, 0.4) is 0 Å². The summed E-state index contributed by atoms with van der Waals surface area (Å²) < 4.78 is 14.4. The molecule has 3 atom stereocenters. The molecular weight excluding hydrogens is 265 g/mol. The van der Waals surface area contributed by atoms with Gasteiger partial charge in [-0.2, -0.15) is 0 Å². The van der Waals surface area contributed by atoms with Crippen LogP contribution in [0.1, 0.15) is 25.8 Å². The maximum atomic E-state index is 14.4. The molecule has 4 heteroatoms. The average Bonchev–Trinajstić information content (AvgIpc) is 2.80. The first-order valence-corrected chi connectivity index (χ1v) is 7.87. The fraction of sp³-hybridized carbons (Fsp3) is 0.647. The molecule has 0 aliphatic carbocycles. The largest absolute Gasteiger partial charge is 0.367 e. The zero-order valence-corrected chi connectivity index (χ0v) is 13.6. The van der Waals surface area contributed by atoms with E-state index in [2.05, 4.69) is 37.7 Å². The van der Waals surface area contributed by atoms with E-state index in [1.54, 1.807) is 6.07 Å². The van der Waals surface area contributed by atoms with Gasteiger partial charge in [0.1, 0.15) is 5.82 Å². The number of benzene rings is 1. The van der Waals surface area contributed by atoms with Crippen molar-refractivity contribution in [3.05, 3.63) is 29.6 Å². The summed E-state index contributed by atoms with van der Waals surface area (Å²) >= 11 is 0. The molecule has 0 bridgehead atoms. The molecule has 1 fully saturated rings. The number of rotatable bonds is 5. The number of nitrogens with two attached hydrogens (primary N) is 1. The Labute approximate surface area is 127 Å². The van der Waals surface area contributed by atoms with E-state index in [9.17, 15) is 4.39 Å². The summed E-state index contributed by atoms with van der Waals surface area (Å²) in [5.74, 6) is 0.426. The molecule has 1 aromatic carbocycles. The van der Waals surface area contributed by atoms with Crippen LogP contribution in [0.4, 0.5) is 10.1 Å². The average molecular weight is 293 g/mol. The number of halogens is 1. The lowest BCUT2D eigenvalue weighted by Gasteiger charge is -2.23. The van der Waals surface area contributed by atoms with Gasteiger partial charge in [0.05, 0.1) is 5.69 Å². The zero-order chi connectivity index (χ0) is 15.6. The summed E-state index contributed by atoms with van der Waals surface area (Å²) in [6.07, 6.45) is 1.65. The van der Waals surface area contributed by atoms with Gasteiger partial charge in [0.25, 0.3) is 0 Å². The van der Waals surface area contributed by atoms with Crippen molar-refractivity contribution in [2.24, 2.45) is 11.7 Å². The third-order valence-corrected chi connectivity index (χ3v) is 4.61. The van der Waals surface area contributed by atoms with E-state index in [1.807, 2.05) is 12.1 Å². The Bertz CT molecular complexity index is 475. The molecule has 118 valence electrons. The van der Waals surface area contributed by atoms with E-state index in [1.165, 1.54) is 0 Å². The fourth-order valence-corrected chi connectivity index (χ4v) is 3.20. The summed E-state index contributed by atoms with van der Waals surface area (Å²) in [5.41, 5.74) is 7.66. The smallest absolute Gasteiger partial charge is 0.146 e. The first-order chi connectivity index (χ1) is 9.92. The van der Waals surface area contributed by atoms with Crippen LogP contribution in [0.25, 0.3) is 0 Å². The topological polar surface area (TPSA) is 32.5 Å². The molecule has 2 rings (SSSR count). The van der Waals surface area contributed by atoms with Gasteiger partial charge in [-0.1, -0.05) is 19.9 Å². The van der Waals surface area contributed by atoms with Gasteiger partial charge in [-0.15, -0.1) is 0 Å². The van der Waals surface area contributed by atoms with Crippen LogP contribution in [-0.4, -0.2) is 44.2 Å². The van der Waals surface area contributed by atoms with Crippen LogP contribution >= 0.6 is 0 Å². The Balaban J connectivity index is 2.11. The Hall–Kier alpha value is -1.13. The van der Waals surface area contributed by atoms with Gasteiger partial charge in [0, 0.05) is 25.2 Å². The van der Waals surface area contributed by atoms with Crippen LogP contribution in [0.5, 0.6) is 0 Å². The molecule has 1 aliphatic heterocycles. The molecule has 1 saturated heterocycles. The number of nitrogens with zero attached hydrogens (tertiary/aromatic N) is 2. The molecule has 21 heavy (non-hydrogen) atoms. The molecular formula is C17H28FN3. The minimum absolute atomic E-state index is 0.111. The van der Waals surface area contributed by atoms with E-state index in [0.29, 0.717) is 12.0 Å². The molecule has 0 amide bonds. The summed E-state index contributed by atoms with van der Waals surface area (Å²) in [5, 5.41) is 0. The van der Waals surface area contributed by atoms with Gasteiger partial charge in [-0.3, -0.25) is 0 Å². The van der Waals surface area contributed by atoms with Gasteiger partial charge >= 0.3 is 0 Å². The molecule has 3 nitrogen and oxygen atoms in total. The Kier molecular flexibility index (Phi) is 5.22. The van der Waals surface area contributed by atoms with Crippen LogP contribution in [0, 0.1) is 11.7 Å². The highest BCUT2D eigenvalue weighted by Gasteiger charge is 2.32. The molecule has 0 radical (unpaired) electrons. The van der Waals surface area contributed by atoms with Gasteiger partial charge < -0.3 is 15.5 Å². The van der Waals surface area contributed by atoms with Crippen molar-refractivity contribution in [1.29, 1.82) is 0 Å². The van der Waals surface area contributed by atoms with Crippen LogP contribution in [0.2, 0.25) is 0 Å². The van der Waals surface area contributed by atoms with E-state index in [-0.39, 0.29) is 11.9 Å². The van der Waals surface area contributed by atoms with Crippen LogP contribution in [-0.2, 0) is 6.42 Å². The highest BCUT2D eigenvalue weighted by Crippen LogP contribution is 2.28. The highest BCUT2D eigenvalue weighted by molar-refractivity contribution is 5.50. The number of anilines is 1. The second-order valence-corrected chi connectivity index (χ2v) is 6.57. The predicted molar refractivity (Wildman–Crippen MR) is 87.2 cm³/mol. The standard InChI is InChI=1S/C17H28FN3/c1-5-14(19)8-13-6-7-16(15(18)9-13)21-10-12(2)17(11-21)20(3)4/h6-7,9,12,14,17H,5,8,10-11,19H2,1-4H3. The van der Waals surface area contributed by atoms with Gasteiger partial charge in [-0.05, 0) is 50.6 Å². The van der Waals surface area contributed by atoms with Gasteiger partial charge in [-0.25, -0.2) is 4.39 Å². The predicted octanol–water partition coefficient (Wildman–Crippen LogP) is 2.49. The minimum atomic E-state index is -0.123. The minimum Gasteiger partial charge on any atom is -0.367 e. The van der Waals surface area contributed by atoms with Gasteiger partial charge in [0.2, 0.25) is 0 Å². The number of hydrogen-bond donors (Lipinski definition) is 1. The molecule has 1 aromatic rings. The second kappa shape index (κ2) is 6.75. The third kappa shape index (κ3) is 3.74. The molecule has 3 unspecified atom stereocenters. The second-order valence-electron chi connectivity index (χ2n) is 6.57. The van der Waals surface area contributed by atoms with Crippen molar-refractivity contribution in [3.8, 4) is 0 Å². The van der Waals surface area contributed by atoms with E-state index < -0.39 is 0 Å². The first-order valence-electron chi connectivity index (χ1n) is 7.87. The van der Waals surface area contributed by atoms with Crippen molar-refractivity contribution in [3.63, 3.8) is 0 Å². The normalized spacial score (nSPS) is 23.9. The van der Waals surface area contributed by atoms with Crippen molar-refractivity contribution < 1.29 is 4.39 Å². The molecule has 1 aliphatic rings. The highest BCUT2D eigenvalue weighted by atomic mass is 19.1. The van der Waals surface area contributed by atoms with E-state index in [0.717, 1.165) is 37.2 Å². The summed E-state index contributed by atoms with van der Waals surface area (Å²) in [4.78, 5) is 4.39. The first kappa shape index (κ1) is 16.2. The summed E-state index contributed by atoms with van der Waals surface area (Å²) in [6.45, 7) is 6.09. The van der Waals surface area contributed by atoms with Crippen LogP contribution < -0.4 is 10.6 Å². The molecule has 0 saturated carbocycles. The van der Waals surface area contributed by atoms with Crippen LogP contribution in [0.15, 0.2) is 18.2 Å². The fourth-order valence-electron chi connectivity index (χ4n) is 3.20. The van der Waals surface area contributed by atoms with E-state index in [4.69, 9.17) is 5.73 Å².